The van der Waals surface area contributed by atoms with Crippen LogP contribution in [-0.2, 0) is 6.54 Å². The topological polar surface area (TPSA) is 26.7 Å². The van der Waals surface area contributed by atoms with Gasteiger partial charge in [-0.05, 0) is 18.2 Å². The maximum absolute atomic E-state index is 13.7. The van der Waals surface area contributed by atoms with Crippen LogP contribution in [0.5, 0.6) is 0 Å². The Morgan fingerprint density at radius 3 is 2.42 bits per heavy atom. The molecule has 0 amide bonds. The van der Waals surface area contributed by atoms with Crippen molar-refractivity contribution in [2.45, 2.75) is 12.6 Å². The number of piperazine rings is 1. The second kappa shape index (κ2) is 7.89. The van der Waals surface area contributed by atoms with Crippen LogP contribution in [0.4, 0.5) is 8.78 Å². The minimum Gasteiger partial charge on any atom is -0.387 e. The van der Waals surface area contributed by atoms with Gasteiger partial charge in [0.05, 0.1) is 10.4 Å². The summed E-state index contributed by atoms with van der Waals surface area (Å²) in [4.78, 5) is 5.68. The van der Waals surface area contributed by atoms with Crippen molar-refractivity contribution in [3.05, 3.63) is 56.7 Å². The van der Waals surface area contributed by atoms with Crippen LogP contribution in [0.2, 0.25) is 4.34 Å². The van der Waals surface area contributed by atoms with Gasteiger partial charge in [-0.3, -0.25) is 9.80 Å². The molecule has 3 rings (SSSR count). The van der Waals surface area contributed by atoms with Crippen LogP contribution in [0, 0.1) is 11.6 Å². The van der Waals surface area contributed by atoms with Crippen molar-refractivity contribution < 1.29 is 13.9 Å². The molecule has 2 heterocycles. The summed E-state index contributed by atoms with van der Waals surface area (Å²) in [6, 6.07) is 7.24. The minimum atomic E-state index is -0.951. The third-order valence-corrected chi connectivity index (χ3v) is 5.44. The zero-order valence-corrected chi connectivity index (χ0v) is 14.7. The highest BCUT2D eigenvalue weighted by atomic mass is 35.5. The van der Waals surface area contributed by atoms with Crippen LogP contribution in [0.3, 0.4) is 0 Å². The molecule has 7 heteroatoms. The molecule has 3 nitrogen and oxygen atoms in total. The van der Waals surface area contributed by atoms with Crippen molar-refractivity contribution >= 4 is 22.9 Å². The summed E-state index contributed by atoms with van der Waals surface area (Å²) < 4.78 is 27.5. The zero-order valence-electron chi connectivity index (χ0n) is 13.1. The zero-order chi connectivity index (χ0) is 17.1. The van der Waals surface area contributed by atoms with Gasteiger partial charge in [-0.2, -0.15) is 0 Å². The number of β-amino-alcohol motifs (C(OH)–C–C–N with tert-alkyl or cyclic N) is 1. The number of nitrogens with zero attached hydrogens (tertiary/aromatic N) is 2. The van der Waals surface area contributed by atoms with Crippen LogP contribution in [0.25, 0.3) is 0 Å². The molecule has 1 aromatic carbocycles. The van der Waals surface area contributed by atoms with Gasteiger partial charge in [-0.25, -0.2) is 8.78 Å². The van der Waals surface area contributed by atoms with Gasteiger partial charge in [-0.15, -0.1) is 11.3 Å². The molecule has 1 aromatic heterocycles. The van der Waals surface area contributed by atoms with Gasteiger partial charge in [0.1, 0.15) is 11.6 Å². The molecule has 1 atom stereocenters. The number of hydrogen-bond acceptors (Lipinski definition) is 4. The number of rotatable bonds is 5. The maximum Gasteiger partial charge on any atom is 0.131 e. The first-order valence-corrected chi connectivity index (χ1v) is 9.02. The number of aliphatic hydroxyl groups excluding tert-OH is 1. The van der Waals surface area contributed by atoms with E-state index >= 15 is 0 Å². The van der Waals surface area contributed by atoms with E-state index in [4.69, 9.17) is 11.6 Å². The predicted molar refractivity (Wildman–Crippen MR) is 92.4 cm³/mol. The molecule has 1 saturated heterocycles. The fraction of sp³-hybridized carbons (Fsp3) is 0.412. The normalized spacial score (nSPS) is 18.0. The van der Waals surface area contributed by atoms with Crippen molar-refractivity contribution in [2.75, 3.05) is 32.7 Å². The highest BCUT2D eigenvalue weighted by molar-refractivity contribution is 7.16. The summed E-state index contributed by atoms with van der Waals surface area (Å²) >= 11 is 7.54. The van der Waals surface area contributed by atoms with Crippen LogP contribution < -0.4 is 0 Å². The van der Waals surface area contributed by atoms with Gasteiger partial charge in [0, 0.05) is 55.8 Å². The second-order valence-corrected chi connectivity index (χ2v) is 7.76. The van der Waals surface area contributed by atoms with Crippen LogP contribution in [0.1, 0.15) is 16.5 Å². The third-order valence-electron chi connectivity index (χ3n) is 4.23. The van der Waals surface area contributed by atoms with Crippen LogP contribution in [-0.4, -0.2) is 47.6 Å². The molecule has 0 bridgehead atoms. The van der Waals surface area contributed by atoms with Crippen molar-refractivity contribution in [1.29, 1.82) is 0 Å². The molecule has 1 aliphatic rings. The molecule has 1 aliphatic heterocycles. The van der Waals surface area contributed by atoms with E-state index in [1.165, 1.54) is 17.0 Å². The molecular formula is C17H19ClF2N2OS. The first kappa shape index (κ1) is 17.8. The van der Waals surface area contributed by atoms with Gasteiger partial charge in [0.15, 0.2) is 0 Å². The van der Waals surface area contributed by atoms with Gasteiger partial charge < -0.3 is 5.11 Å². The standard InChI is InChI=1S/C17H19ClF2N2OS/c18-17-4-2-13(24-17)10-21-5-7-22(8-6-21)11-16(23)14-3-1-12(19)9-15(14)20/h1-4,9,16,23H,5-8,10-11H2. The minimum absolute atomic E-state index is 0.145. The number of thiophene rings is 1. The Morgan fingerprint density at radius 2 is 1.79 bits per heavy atom. The molecule has 1 N–H and O–H groups in total. The lowest BCUT2D eigenvalue weighted by Crippen LogP contribution is -2.47. The average Bonchev–Trinajstić information content (AvgIpc) is 2.94. The Morgan fingerprint density at radius 1 is 1.08 bits per heavy atom. The maximum atomic E-state index is 13.7. The Labute approximate surface area is 149 Å². The van der Waals surface area contributed by atoms with E-state index in [1.54, 1.807) is 11.3 Å². The van der Waals surface area contributed by atoms with E-state index in [2.05, 4.69) is 9.80 Å². The van der Waals surface area contributed by atoms with Crippen LogP contribution in [0.15, 0.2) is 30.3 Å². The molecule has 0 aliphatic carbocycles. The average molecular weight is 373 g/mol. The summed E-state index contributed by atoms with van der Waals surface area (Å²) in [6.07, 6.45) is -0.951. The number of hydrogen-bond donors (Lipinski definition) is 1. The summed E-state index contributed by atoms with van der Waals surface area (Å²) in [7, 11) is 0. The lowest BCUT2D eigenvalue weighted by Gasteiger charge is -2.35. The number of halogens is 3. The fourth-order valence-electron chi connectivity index (χ4n) is 2.90. The van der Waals surface area contributed by atoms with Gasteiger partial charge in [0.25, 0.3) is 0 Å². The molecule has 2 aromatic rings. The first-order valence-electron chi connectivity index (χ1n) is 7.83. The summed E-state index contributed by atoms with van der Waals surface area (Å²) in [6.45, 7) is 4.60. The van der Waals surface area contributed by atoms with Gasteiger partial charge in [-0.1, -0.05) is 17.7 Å². The lowest BCUT2D eigenvalue weighted by molar-refractivity contribution is 0.0688. The van der Waals surface area contributed by atoms with E-state index < -0.39 is 17.7 Å². The largest absolute Gasteiger partial charge is 0.387 e. The van der Waals surface area contributed by atoms with Crippen molar-refractivity contribution in [1.82, 2.24) is 9.80 Å². The third kappa shape index (κ3) is 4.52. The number of benzene rings is 1. The Hall–Kier alpha value is -1.05. The smallest absolute Gasteiger partial charge is 0.131 e. The molecule has 0 saturated carbocycles. The fourth-order valence-corrected chi connectivity index (χ4v) is 4.03. The predicted octanol–water partition coefficient (Wildman–Crippen LogP) is 3.53. The Balaban J connectivity index is 1.49. The molecule has 0 radical (unpaired) electrons. The highest BCUT2D eigenvalue weighted by Gasteiger charge is 2.22. The van der Waals surface area contributed by atoms with Crippen molar-refractivity contribution in [2.24, 2.45) is 0 Å². The first-order chi connectivity index (χ1) is 11.5. The molecule has 1 fully saturated rings. The highest BCUT2D eigenvalue weighted by Crippen LogP contribution is 2.24. The summed E-state index contributed by atoms with van der Waals surface area (Å²) in [5.41, 5.74) is 0.145. The Kier molecular flexibility index (Phi) is 5.84. The SMILES string of the molecule is OC(CN1CCN(Cc2ccc(Cl)s2)CC1)c1ccc(F)cc1F. The quantitative estimate of drug-likeness (QED) is 0.869. The molecular weight excluding hydrogens is 354 g/mol. The molecule has 24 heavy (non-hydrogen) atoms. The second-order valence-electron chi connectivity index (χ2n) is 5.96. The summed E-state index contributed by atoms with van der Waals surface area (Å²) in [5.74, 6) is -1.33. The monoisotopic (exact) mass is 372 g/mol. The van der Waals surface area contributed by atoms with E-state index in [0.717, 1.165) is 43.1 Å². The van der Waals surface area contributed by atoms with Crippen molar-refractivity contribution in [3.63, 3.8) is 0 Å². The molecule has 0 spiro atoms. The van der Waals surface area contributed by atoms with E-state index in [9.17, 15) is 13.9 Å². The molecule has 1 unspecified atom stereocenters. The molecule has 130 valence electrons. The summed E-state index contributed by atoms with van der Waals surface area (Å²) in [5, 5.41) is 10.2. The Bertz CT molecular complexity index is 689. The van der Waals surface area contributed by atoms with Crippen molar-refractivity contribution in [3.8, 4) is 0 Å². The van der Waals surface area contributed by atoms with Crippen LogP contribution >= 0.6 is 22.9 Å². The van der Waals surface area contributed by atoms with Gasteiger partial charge >= 0.3 is 0 Å². The lowest BCUT2D eigenvalue weighted by atomic mass is 10.1. The van der Waals surface area contributed by atoms with E-state index in [0.29, 0.717) is 6.54 Å². The van der Waals surface area contributed by atoms with E-state index in [1.807, 2.05) is 12.1 Å². The van der Waals surface area contributed by atoms with Gasteiger partial charge in [0.2, 0.25) is 0 Å². The van der Waals surface area contributed by atoms with E-state index in [-0.39, 0.29) is 5.56 Å². The number of aliphatic hydroxyl groups is 1.